The van der Waals surface area contributed by atoms with Crippen LogP contribution < -0.4 is 5.69 Å². The Bertz CT molecular complexity index is 423. The van der Waals surface area contributed by atoms with Gasteiger partial charge in [0.25, 0.3) is 0 Å². The zero-order chi connectivity index (χ0) is 8.72. The highest BCUT2D eigenvalue weighted by Gasteiger charge is 2.14. The average molecular weight is 204 g/mol. The number of hydrogen-bond donors (Lipinski definition) is 0. The van der Waals surface area contributed by atoms with Gasteiger partial charge in [0.05, 0.1) is 6.54 Å². The molecule has 1 aromatic rings. The Morgan fingerprint density at radius 1 is 1.50 bits per heavy atom. The lowest BCUT2D eigenvalue weighted by atomic mass is 10.6. The van der Waals surface area contributed by atoms with Crippen molar-refractivity contribution in [2.45, 2.75) is 6.54 Å². The van der Waals surface area contributed by atoms with Gasteiger partial charge in [-0.25, -0.2) is 9.79 Å². The molecule has 0 amide bonds. The molecule has 0 unspecified atom stereocenters. The van der Waals surface area contributed by atoms with Gasteiger partial charge in [-0.3, -0.25) is 4.57 Å². The molecule has 2 heterocycles. The van der Waals surface area contributed by atoms with Gasteiger partial charge in [0.15, 0.2) is 0 Å². The van der Waals surface area contributed by atoms with Crippen molar-refractivity contribution in [1.29, 1.82) is 0 Å². The molecule has 0 saturated carbocycles. The number of rotatable bonds is 0. The fraction of sp³-hybridized carbons (Fsp3) is 0.167. The maximum absolute atomic E-state index is 11.1. The highest BCUT2D eigenvalue weighted by Crippen LogP contribution is 2.20. The van der Waals surface area contributed by atoms with Gasteiger partial charge in [-0.15, -0.1) is 0 Å². The summed E-state index contributed by atoms with van der Waals surface area (Å²) in [5, 5.41) is 0.512. The van der Waals surface area contributed by atoms with E-state index < -0.39 is 5.69 Å². The largest absolute Gasteiger partial charge is 0.351 e. The van der Waals surface area contributed by atoms with Gasteiger partial charge in [0.2, 0.25) is 0 Å². The average Bonchev–Trinajstić information content (AvgIpc) is 2.29. The van der Waals surface area contributed by atoms with E-state index in [9.17, 15) is 4.79 Å². The zero-order valence-electron chi connectivity index (χ0n) is 5.79. The standard InChI is InChI=1S/C6H3Cl2N3O/c7-3-1-5-9-4(8)2-11(5)6(12)10-3/h1H,2H2. The summed E-state index contributed by atoms with van der Waals surface area (Å²) >= 11 is 11.2. The van der Waals surface area contributed by atoms with Crippen LogP contribution in [0, 0.1) is 0 Å². The first-order valence-electron chi connectivity index (χ1n) is 3.17. The summed E-state index contributed by atoms with van der Waals surface area (Å²) in [6, 6.07) is 1.50. The van der Waals surface area contributed by atoms with Crippen LogP contribution in [0.1, 0.15) is 0 Å². The second kappa shape index (κ2) is 2.57. The van der Waals surface area contributed by atoms with Gasteiger partial charge in [0, 0.05) is 6.07 Å². The lowest BCUT2D eigenvalue weighted by Crippen LogP contribution is -2.21. The number of aromatic nitrogens is 2. The number of halogens is 2. The van der Waals surface area contributed by atoms with Gasteiger partial charge in [-0.05, 0) is 0 Å². The summed E-state index contributed by atoms with van der Waals surface area (Å²) in [7, 11) is 0. The van der Waals surface area contributed by atoms with Crippen LogP contribution in [0.3, 0.4) is 0 Å². The Hall–Kier alpha value is -0.870. The van der Waals surface area contributed by atoms with E-state index in [1.807, 2.05) is 0 Å². The van der Waals surface area contributed by atoms with Crippen molar-refractivity contribution >= 4 is 34.2 Å². The van der Waals surface area contributed by atoms with Crippen molar-refractivity contribution in [2.75, 3.05) is 0 Å². The normalized spacial score (nSPS) is 14.3. The fourth-order valence-electron chi connectivity index (χ4n) is 0.998. The van der Waals surface area contributed by atoms with E-state index in [1.165, 1.54) is 10.6 Å². The van der Waals surface area contributed by atoms with E-state index in [-0.39, 0.29) is 5.15 Å². The van der Waals surface area contributed by atoms with Crippen LogP contribution in [0.15, 0.2) is 15.9 Å². The van der Waals surface area contributed by atoms with Crippen LogP contribution in [-0.4, -0.2) is 14.7 Å². The van der Waals surface area contributed by atoms with E-state index >= 15 is 0 Å². The molecular formula is C6H3Cl2N3O. The Balaban J connectivity index is 2.70. The summed E-state index contributed by atoms with van der Waals surface area (Å²) in [6.45, 7) is 0.292. The zero-order valence-corrected chi connectivity index (χ0v) is 7.30. The first kappa shape index (κ1) is 7.76. The molecule has 0 spiro atoms. The Morgan fingerprint density at radius 2 is 2.25 bits per heavy atom. The van der Waals surface area contributed by atoms with Gasteiger partial charge < -0.3 is 0 Å². The molecule has 0 atom stereocenters. The molecule has 4 nitrogen and oxygen atoms in total. The molecule has 1 aliphatic rings. The minimum Gasteiger partial charge on any atom is -0.269 e. The topological polar surface area (TPSA) is 47.2 Å². The lowest BCUT2D eigenvalue weighted by Gasteiger charge is -1.97. The first-order chi connectivity index (χ1) is 5.66. The van der Waals surface area contributed by atoms with Crippen molar-refractivity contribution in [3.05, 3.63) is 21.7 Å². The van der Waals surface area contributed by atoms with Crippen LogP contribution in [0.4, 0.5) is 5.82 Å². The molecule has 2 rings (SSSR count). The van der Waals surface area contributed by atoms with E-state index in [4.69, 9.17) is 23.2 Å². The SMILES string of the molecule is O=c1nc(Cl)cc2n1CC(Cl)=N2. The van der Waals surface area contributed by atoms with Crippen LogP contribution in [0.5, 0.6) is 0 Å². The third kappa shape index (κ3) is 1.13. The summed E-state index contributed by atoms with van der Waals surface area (Å²) < 4.78 is 1.36. The molecule has 0 radical (unpaired) electrons. The van der Waals surface area contributed by atoms with Gasteiger partial charge >= 0.3 is 5.69 Å². The molecule has 6 heteroatoms. The minimum atomic E-state index is -0.420. The predicted molar refractivity (Wildman–Crippen MR) is 46.5 cm³/mol. The predicted octanol–water partition coefficient (Wildman–Crippen LogP) is 1.18. The molecule has 0 aromatic carbocycles. The molecule has 0 bridgehead atoms. The number of aliphatic imine (C=N–C) groups is 1. The second-order valence-corrected chi connectivity index (χ2v) is 3.12. The van der Waals surface area contributed by atoms with Gasteiger partial charge in [-0.1, -0.05) is 23.2 Å². The van der Waals surface area contributed by atoms with Crippen molar-refractivity contribution in [3.63, 3.8) is 0 Å². The van der Waals surface area contributed by atoms with Crippen LogP contribution in [-0.2, 0) is 6.54 Å². The van der Waals surface area contributed by atoms with Crippen LogP contribution in [0.2, 0.25) is 5.15 Å². The summed E-state index contributed by atoms with van der Waals surface area (Å²) in [5.41, 5.74) is -0.420. The van der Waals surface area contributed by atoms with E-state index in [1.54, 1.807) is 0 Å². The smallest absolute Gasteiger partial charge is 0.269 e. The number of hydrogen-bond acceptors (Lipinski definition) is 3. The molecule has 1 aromatic heterocycles. The summed E-state index contributed by atoms with van der Waals surface area (Å²) in [5.74, 6) is 0.463. The molecule has 1 aliphatic heterocycles. The minimum absolute atomic E-state index is 0.140. The third-order valence-electron chi connectivity index (χ3n) is 1.48. The van der Waals surface area contributed by atoms with Gasteiger partial charge in [-0.2, -0.15) is 4.98 Å². The quantitative estimate of drug-likeness (QED) is 0.595. The summed E-state index contributed by atoms with van der Waals surface area (Å²) in [4.78, 5) is 18.5. The maximum atomic E-state index is 11.1. The molecule has 0 aliphatic carbocycles. The molecule has 62 valence electrons. The maximum Gasteiger partial charge on any atom is 0.351 e. The molecule has 0 N–H and O–H groups in total. The Kier molecular flexibility index (Phi) is 1.66. The number of nitrogens with zero attached hydrogens (tertiary/aromatic N) is 3. The lowest BCUT2D eigenvalue weighted by molar-refractivity contribution is 0.801. The first-order valence-corrected chi connectivity index (χ1v) is 3.93. The van der Waals surface area contributed by atoms with Gasteiger partial charge in [0.1, 0.15) is 16.1 Å². The van der Waals surface area contributed by atoms with E-state index in [0.29, 0.717) is 17.5 Å². The monoisotopic (exact) mass is 203 g/mol. The van der Waals surface area contributed by atoms with Crippen molar-refractivity contribution in [1.82, 2.24) is 9.55 Å². The third-order valence-corrected chi connectivity index (χ3v) is 1.88. The number of fused-ring (bicyclic) bond motifs is 1. The molecule has 12 heavy (non-hydrogen) atoms. The van der Waals surface area contributed by atoms with Crippen LogP contribution in [0.25, 0.3) is 0 Å². The van der Waals surface area contributed by atoms with Crippen molar-refractivity contribution in [2.24, 2.45) is 4.99 Å². The van der Waals surface area contributed by atoms with E-state index in [2.05, 4.69) is 9.98 Å². The highest BCUT2D eigenvalue weighted by molar-refractivity contribution is 6.65. The Morgan fingerprint density at radius 3 is 3.00 bits per heavy atom. The van der Waals surface area contributed by atoms with Crippen molar-refractivity contribution < 1.29 is 0 Å². The summed E-state index contributed by atoms with van der Waals surface area (Å²) in [6.07, 6.45) is 0. The second-order valence-electron chi connectivity index (χ2n) is 2.29. The molecule has 0 saturated heterocycles. The van der Waals surface area contributed by atoms with E-state index in [0.717, 1.165) is 0 Å². The van der Waals surface area contributed by atoms with Crippen LogP contribution >= 0.6 is 23.2 Å². The molecular weight excluding hydrogens is 201 g/mol. The highest BCUT2D eigenvalue weighted by atomic mass is 35.5. The molecule has 0 fully saturated rings. The fourth-order valence-corrected chi connectivity index (χ4v) is 1.37. The Labute approximate surface area is 77.5 Å². The van der Waals surface area contributed by atoms with Crippen molar-refractivity contribution in [3.8, 4) is 0 Å².